The van der Waals surface area contributed by atoms with Crippen LogP contribution in [0.25, 0.3) is 0 Å². The second kappa shape index (κ2) is 7.23. The van der Waals surface area contributed by atoms with Crippen molar-refractivity contribution in [3.8, 4) is 11.6 Å². The summed E-state index contributed by atoms with van der Waals surface area (Å²) in [6.07, 6.45) is -0.780. The summed E-state index contributed by atoms with van der Waals surface area (Å²) in [6.45, 7) is 0.646. The Balaban J connectivity index is 0.000000167. The van der Waals surface area contributed by atoms with Crippen molar-refractivity contribution in [2.24, 2.45) is 5.73 Å². The Bertz CT molecular complexity index is 652. The lowest BCUT2D eigenvalue weighted by atomic mass is 10.1. The molecule has 0 fully saturated rings. The maximum Gasteiger partial charge on any atom is 0.573 e. The third-order valence-electron chi connectivity index (χ3n) is 2.77. The quantitative estimate of drug-likeness (QED) is 0.814. The first-order valence-corrected chi connectivity index (χ1v) is 6.56. The molecule has 9 heteroatoms. The molecule has 1 unspecified atom stereocenters. The normalized spacial score (nSPS) is 16.5. The van der Waals surface area contributed by atoms with Gasteiger partial charge in [-0.05, 0) is 12.1 Å². The van der Waals surface area contributed by atoms with Crippen LogP contribution in [0.2, 0.25) is 0 Å². The number of hydrogen-bond acceptors (Lipinski definition) is 5. The van der Waals surface area contributed by atoms with Gasteiger partial charge in [-0.2, -0.15) is 0 Å². The fraction of sp³-hybridized carbons (Fsp3) is 0.286. The second-order valence-electron chi connectivity index (χ2n) is 4.47. The molecule has 2 N–H and O–H groups in total. The lowest BCUT2D eigenvalue weighted by molar-refractivity contribution is -0.275. The predicted octanol–water partition coefficient (Wildman–Crippen LogP) is 2.98. The van der Waals surface area contributed by atoms with Crippen LogP contribution >= 0.6 is 0 Å². The van der Waals surface area contributed by atoms with Crippen LogP contribution in [0.1, 0.15) is 18.2 Å². The number of aromatic nitrogens is 2. The first kappa shape index (κ1) is 16.9. The van der Waals surface area contributed by atoms with E-state index in [0.29, 0.717) is 12.5 Å². The van der Waals surface area contributed by atoms with Gasteiger partial charge < -0.3 is 15.2 Å². The maximum absolute atomic E-state index is 12.5. The number of rotatable bonds is 1. The van der Waals surface area contributed by atoms with Crippen LogP contribution in [0, 0.1) is 5.82 Å². The maximum atomic E-state index is 12.5. The number of ether oxygens (including phenoxy) is 2. The molecular weight excluding hydrogens is 318 g/mol. The Hall–Kier alpha value is -2.42. The number of fused-ring (bicyclic) bond motifs is 1. The molecule has 2 aromatic rings. The van der Waals surface area contributed by atoms with Gasteiger partial charge in [0, 0.05) is 18.8 Å². The van der Waals surface area contributed by atoms with Gasteiger partial charge in [-0.25, -0.2) is 9.37 Å². The SMILES string of the molecule is Fc1ccccc1OC(F)(F)F.NC1CCOc2nccnc21. The second-order valence-corrected chi connectivity index (χ2v) is 4.47. The standard InChI is InChI=1S/C7H4F4O.C7H9N3O/c8-5-3-1-2-4-6(5)12-7(9,10)11;8-5-1-4-11-7-6(5)9-2-3-10-7/h1-4H;2-3,5H,1,4,8H2. The minimum atomic E-state index is -4.85. The topological polar surface area (TPSA) is 70.3 Å². The van der Waals surface area contributed by atoms with E-state index in [9.17, 15) is 17.6 Å². The third kappa shape index (κ3) is 5.06. The summed E-state index contributed by atoms with van der Waals surface area (Å²) < 4.78 is 55.7. The molecule has 1 aliphatic heterocycles. The first-order valence-electron chi connectivity index (χ1n) is 6.56. The van der Waals surface area contributed by atoms with E-state index in [4.69, 9.17) is 10.5 Å². The van der Waals surface area contributed by atoms with Gasteiger partial charge in [0.1, 0.15) is 5.69 Å². The Morgan fingerprint density at radius 3 is 2.52 bits per heavy atom. The molecule has 0 saturated carbocycles. The molecule has 1 aromatic heterocycles. The van der Waals surface area contributed by atoms with Crippen molar-refractivity contribution in [3.63, 3.8) is 0 Å². The number of halogens is 4. The highest BCUT2D eigenvalue weighted by Crippen LogP contribution is 2.25. The highest BCUT2D eigenvalue weighted by molar-refractivity contribution is 5.24. The molecule has 3 rings (SSSR count). The number of nitrogens with zero attached hydrogens (tertiary/aromatic N) is 2. The van der Waals surface area contributed by atoms with E-state index >= 15 is 0 Å². The van der Waals surface area contributed by atoms with Gasteiger partial charge in [-0.15, -0.1) is 13.2 Å². The van der Waals surface area contributed by atoms with Crippen molar-refractivity contribution >= 4 is 0 Å². The van der Waals surface area contributed by atoms with Crippen molar-refractivity contribution in [2.75, 3.05) is 6.61 Å². The van der Waals surface area contributed by atoms with Crippen LogP contribution in [0.3, 0.4) is 0 Å². The molecule has 2 heterocycles. The van der Waals surface area contributed by atoms with E-state index in [2.05, 4.69) is 14.7 Å². The van der Waals surface area contributed by atoms with E-state index < -0.39 is 17.9 Å². The smallest absolute Gasteiger partial charge is 0.476 e. The largest absolute Gasteiger partial charge is 0.573 e. The summed E-state index contributed by atoms with van der Waals surface area (Å²) >= 11 is 0. The van der Waals surface area contributed by atoms with Gasteiger partial charge in [0.05, 0.1) is 12.6 Å². The van der Waals surface area contributed by atoms with Crippen LogP contribution in [0.15, 0.2) is 36.7 Å². The van der Waals surface area contributed by atoms with Crippen LogP contribution in [-0.4, -0.2) is 22.9 Å². The van der Waals surface area contributed by atoms with Crippen LogP contribution < -0.4 is 15.2 Å². The number of nitrogens with two attached hydrogens (primary N) is 1. The van der Waals surface area contributed by atoms with Crippen molar-refractivity contribution in [1.82, 2.24) is 9.97 Å². The van der Waals surface area contributed by atoms with E-state index in [1.54, 1.807) is 12.4 Å². The summed E-state index contributed by atoms with van der Waals surface area (Å²) in [7, 11) is 0. The Morgan fingerprint density at radius 1 is 1.17 bits per heavy atom. The Kier molecular flexibility index (Phi) is 5.32. The Morgan fingerprint density at radius 2 is 1.87 bits per heavy atom. The fourth-order valence-electron chi connectivity index (χ4n) is 1.77. The van der Waals surface area contributed by atoms with Crippen molar-refractivity contribution in [3.05, 3.63) is 48.2 Å². The monoisotopic (exact) mass is 331 g/mol. The van der Waals surface area contributed by atoms with Crippen LogP contribution in [0.5, 0.6) is 11.6 Å². The number of alkyl halides is 3. The van der Waals surface area contributed by atoms with E-state index in [0.717, 1.165) is 24.2 Å². The molecule has 0 saturated heterocycles. The zero-order valence-electron chi connectivity index (χ0n) is 11.8. The third-order valence-corrected chi connectivity index (χ3v) is 2.77. The minimum Gasteiger partial charge on any atom is -0.476 e. The summed E-state index contributed by atoms with van der Waals surface area (Å²) in [6, 6.07) is 4.32. The van der Waals surface area contributed by atoms with Gasteiger partial charge >= 0.3 is 6.36 Å². The Labute approximate surface area is 129 Å². The summed E-state index contributed by atoms with van der Waals surface area (Å²) in [4.78, 5) is 8.09. The zero-order valence-corrected chi connectivity index (χ0v) is 11.8. The molecule has 0 amide bonds. The molecule has 124 valence electrons. The van der Waals surface area contributed by atoms with Gasteiger partial charge in [0.15, 0.2) is 11.6 Å². The lowest BCUT2D eigenvalue weighted by Gasteiger charge is -2.19. The van der Waals surface area contributed by atoms with Gasteiger partial charge in [0.25, 0.3) is 0 Å². The highest BCUT2D eigenvalue weighted by atomic mass is 19.4. The molecular formula is C14H13F4N3O2. The summed E-state index contributed by atoms with van der Waals surface area (Å²) in [5.74, 6) is -1.26. The molecule has 0 aliphatic carbocycles. The van der Waals surface area contributed by atoms with E-state index in [-0.39, 0.29) is 6.04 Å². The summed E-state index contributed by atoms with van der Waals surface area (Å²) in [5, 5.41) is 0. The van der Waals surface area contributed by atoms with Crippen molar-refractivity contribution in [1.29, 1.82) is 0 Å². The fourth-order valence-corrected chi connectivity index (χ4v) is 1.77. The van der Waals surface area contributed by atoms with E-state index in [1.165, 1.54) is 12.1 Å². The van der Waals surface area contributed by atoms with Gasteiger partial charge in [0.2, 0.25) is 5.88 Å². The minimum absolute atomic E-state index is 0.00699. The average Bonchev–Trinajstić information content (AvgIpc) is 2.50. The number of para-hydroxylation sites is 1. The van der Waals surface area contributed by atoms with Crippen molar-refractivity contribution in [2.45, 2.75) is 18.8 Å². The highest BCUT2D eigenvalue weighted by Gasteiger charge is 2.32. The predicted molar refractivity (Wildman–Crippen MR) is 72.2 cm³/mol. The number of benzene rings is 1. The molecule has 1 aliphatic rings. The molecule has 23 heavy (non-hydrogen) atoms. The van der Waals surface area contributed by atoms with Crippen LogP contribution in [-0.2, 0) is 0 Å². The molecule has 5 nitrogen and oxygen atoms in total. The molecule has 0 radical (unpaired) electrons. The molecule has 1 atom stereocenters. The lowest BCUT2D eigenvalue weighted by Crippen LogP contribution is -2.22. The zero-order chi connectivity index (χ0) is 16.9. The molecule has 0 bridgehead atoms. The first-order chi connectivity index (χ1) is 10.9. The average molecular weight is 331 g/mol. The molecule has 1 aromatic carbocycles. The number of hydrogen-bond donors (Lipinski definition) is 1. The van der Waals surface area contributed by atoms with E-state index in [1.807, 2.05) is 0 Å². The van der Waals surface area contributed by atoms with Gasteiger partial charge in [-0.1, -0.05) is 12.1 Å². The van der Waals surface area contributed by atoms with Crippen molar-refractivity contribution < 1.29 is 27.0 Å². The molecule has 0 spiro atoms. The van der Waals surface area contributed by atoms with Gasteiger partial charge in [-0.3, -0.25) is 4.98 Å². The van der Waals surface area contributed by atoms with Crippen LogP contribution in [0.4, 0.5) is 17.6 Å². The summed E-state index contributed by atoms with van der Waals surface area (Å²) in [5.41, 5.74) is 6.54.